The monoisotopic (exact) mass is 636 g/mol. The van der Waals surface area contributed by atoms with Crippen molar-refractivity contribution in [2.75, 3.05) is 12.5 Å². The molecule has 2 aromatic carbocycles. The normalized spacial score (nSPS) is 11.9. The number of Topliss-reactive ketones (excluding diaryl/α,β-unsaturated/α-hetero) is 1. The molecule has 0 bridgehead atoms. The number of alkyl halides is 1. The van der Waals surface area contributed by atoms with Crippen molar-refractivity contribution in [2.24, 2.45) is 0 Å². The molecule has 10 heteroatoms. The lowest BCUT2D eigenvalue weighted by Gasteiger charge is -2.13. The Hall–Kier alpha value is -2.29. The molecular weight excluding hydrogens is 607 g/mol. The van der Waals surface area contributed by atoms with E-state index in [0.717, 1.165) is 25.5 Å². The number of nitrogens with zero attached hydrogens (tertiary/aromatic N) is 2. The van der Waals surface area contributed by atoms with Crippen LogP contribution in [0.25, 0.3) is 21.0 Å². The van der Waals surface area contributed by atoms with E-state index in [2.05, 4.69) is 30.7 Å². The predicted octanol–water partition coefficient (Wildman–Crippen LogP) is 9.46. The third kappa shape index (κ3) is 9.67. The Morgan fingerprint density at radius 1 is 0.875 bits per heavy atom. The van der Waals surface area contributed by atoms with Gasteiger partial charge in [-0.3, -0.25) is 9.59 Å². The van der Waals surface area contributed by atoms with Crippen molar-refractivity contribution in [1.29, 1.82) is 0 Å². The fraction of sp³-hybridized carbons (Fsp3) is 0.333. The lowest BCUT2D eigenvalue weighted by molar-refractivity contribution is -0.143. The minimum Gasteiger partial charge on any atom is -0.466 e. The van der Waals surface area contributed by atoms with Gasteiger partial charge < -0.3 is 4.74 Å². The van der Waals surface area contributed by atoms with Crippen molar-refractivity contribution in [3.05, 3.63) is 80.9 Å². The molecule has 0 radical (unpaired) electrons. The van der Waals surface area contributed by atoms with Crippen LogP contribution >= 0.6 is 57.5 Å². The van der Waals surface area contributed by atoms with Crippen LogP contribution in [0.1, 0.15) is 56.3 Å². The molecule has 2 aromatic heterocycles. The van der Waals surface area contributed by atoms with E-state index in [-0.39, 0.29) is 41.8 Å². The molecule has 2 heterocycles. The van der Waals surface area contributed by atoms with Crippen LogP contribution < -0.4 is 0 Å². The summed E-state index contributed by atoms with van der Waals surface area (Å²) in [6, 6.07) is 15.2. The quantitative estimate of drug-likeness (QED) is 0.135. The molecule has 0 aliphatic heterocycles. The third-order valence-electron chi connectivity index (χ3n) is 5.63. The molecule has 40 heavy (non-hydrogen) atoms. The van der Waals surface area contributed by atoms with Gasteiger partial charge in [0.1, 0.15) is 10.8 Å². The van der Waals surface area contributed by atoms with Gasteiger partial charge in [0.15, 0.2) is 0 Å². The second-order valence-corrected chi connectivity index (χ2v) is 13.2. The molecule has 0 N–H and O–H groups in total. The number of halogens is 3. The van der Waals surface area contributed by atoms with Gasteiger partial charge in [-0.1, -0.05) is 68.2 Å². The first-order valence-corrected chi connectivity index (χ1v) is 15.6. The number of rotatable bonds is 9. The highest BCUT2D eigenvalue weighted by Gasteiger charge is 2.23. The van der Waals surface area contributed by atoms with Gasteiger partial charge in [-0.15, -0.1) is 34.3 Å². The highest BCUT2D eigenvalue weighted by Crippen LogP contribution is 2.35. The van der Waals surface area contributed by atoms with E-state index in [1.54, 1.807) is 36.6 Å². The fourth-order valence-electron chi connectivity index (χ4n) is 3.59. The highest BCUT2D eigenvalue weighted by atomic mass is 35.5. The van der Waals surface area contributed by atoms with Crippen LogP contribution in [0.4, 0.5) is 0 Å². The predicted molar refractivity (Wildman–Crippen MR) is 168 cm³/mol. The Kier molecular flexibility index (Phi) is 12.2. The smallest absolute Gasteiger partial charge is 0.306 e. The molecule has 212 valence electrons. The van der Waals surface area contributed by atoms with E-state index in [9.17, 15) is 9.59 Å². The Morgan fingerprint density at radius 2 is 1.48 bits per heavy atom. The van der Waals surface area contributed by atoms with Gasteiger partial charge >= 0.3 is 5.97 Å². The molecule has 0 saturated heterocycles. The number of thiazole rings is 2. The number of aromatic nitrogens is 2. The summed E-state index contributed by atoms with van der Waals surface area (Å²) in [6.07, 6.45) is 3.98. The van der Waals surface area contributed by atoms with Gasteiger partial charge in [0.2, 0.25) is 0 Å². The largest absolute Gasteiger partial charge is 0.466 e. The van der Waals surface area contributed by atoms with Crippen LogP contribution in [0.3, 0.4) is 0 Å². The van der Waals surface area contributed by atoms with Crippen LogP contribution in [0.15, 0.2) is 60.9 Å². The Labute approximate surface area is 258 Å². The molecule has 0 spiro atoms. The van der Waals surface area contributed by atoms with Crippen LogP contribution in [-0.2, 0) is 19.7 Å². The summed E-state index contributed by atoms with van der Waals surface area (Å²) in [5.74, 6) is -0.769. The molecule has 1 atom stereocenters. The van der Waals surface area contributed by atoms with Crippen molar-refractivity contribution < 1.29 is 14.3 Å². The molecular formula is C30H31Cl3N2O3S2. The van der Waals surface area contributed by atoms with E-state index >= 15 is 0 Å². The number of ketones is 1. The zero-order valence-electron chi connectivity index (χ0n) is 22.7. The molecule has 5 nitrogen and oxygen atoms in total. The minimum absolute atomic E-state index is 0.0673. The van der Waals surface area contributed by atoms with E-state index in [4.69, 9.17) is 39.5 Å². The Morgan fingerprint density at radius 3 is 2.00 bits per heavy atom. The van der Waals surface area contributed by atoms with Crippen molar-refractivity contribution in [3.8, 4) is 21.0 Å². The van der Waals surface area contributed by atoms with Gasteiger partial charge in [0.05, 0.1) is 28.8 Å². The summed E-state index contributed by atoms with van der Waals surface area (Å²) < 4.78 is 5.00. The average Bonchev–Trinajstić information content (AvgIpc) is 3.61. The van der Waals surface area contributed by atoms with Crippen molar-refractivity contribution in [3.63, 3.8) is 0 Å². The number of benzene rings is 2. The zero-order valence-corrected chi connectivity index (χ0v) is 26.6. The SMILES string of the molecule is CC(C)(C)c1ncc(-c2ccc(Cl)cc2)s1.CCOC(=O)CC(CC(=O)CCl)c1cnc(-c2ccc(Cl)cc2)s1. The maximum Gasteiger partial charge on any atom is 0.306 e. The number of esters is 1. The Balaban J connectivity index is 0.000000238. The lowest BCUT2D eigenvalue weighted by atomic mass is 9.98. The minimum atomic E-state index is -0.327. The number of carbonyl (C=O) groups excluding carboxylic acids is 2. The number of hydrogen-bond donors (Lipinski definition) is 0. The fourth-order valence-corrected chi connectivity index (χ4v) is 5.96. The molecule has 1 unspecified atom stereocenters. The summed E-state index contributed by atoms with van der Waals surface area (Å²) >= 11 is 20.6. The van der Waals surface area contributed by atoms with Gasteiger partial charge in [0.25, 0.3) is 0 Å². The Bertz CT molecular complexity index is 1390. The molecule has 0 aliphatic carbocycles. The van der Waals surface area contributed by atoms with Gasteiger partial charge in [-0.25, -0.2) is 9.97 Å². The lowest BCUT2D eigenvalue weighted by Crippen LogP contribution is -2.14. The maximum atomic E-state index is 11.8. The van der Waals surface area contributed by atoms with Crippen molar-refractivity contribution >= 4 is 69.2 Å². The van der Waals surface area contributed by atoms with Crippen molar-refractivity contribution in [1.82, 2.24) is 9.97 Å². The van der Waals surface area contributed by atoms with E-state index < -0.39 is 0 Å². The first kappa shape index (κ1) is 32.2. The van der Waals surface area contributed by atoms with Crippen LogP contribution in [0.2, 0.25) is 10.0 Å². The highest BCUT2D eigenvalue weighted by molar-refractivity contribution is 7.15. The van der Waals surface area contributed by atoms with Crippen molar-refractivity contribution in [2.45, 2.75) is 51.9 Å². The topological polar surface area (TPSA) is 69.2 Å². The second kappa shape index (κ2) is 15.1. The van der Waals surface area contributed by atoms with Gasteiger partial charge in [-0.05, 0) is 36.8 Å². The van der Waals surface area contributed by atoms with Crippen LogP contribution in [0, 0.1) is 0 Å². The first-order valence-electron chi connectivity index (χ1n) is 12.7. The third-order valence-corrected chi connectivity index (χ3v) is 9.12. The van der Waals surface area contributed by atoms with Gasteiger partial charge in [0, 0.05) is 50.6 Å². The molecule has 0 fully saturated rings. The standard InChI is InChI=1S/C17H17Cl2NO3S.C13H14ClNS/c1-2-23-16(22)8-12(7-14(21)9-18)15-10-20-17(24-15)11-3-5-13(19)6-4-11;1-13(2,3)12-15-8-11(16-12)9-4-6-10(14)7-5-9/h3-6,10,12H,2,7-9H2,1H3;4-8H,1-3H3. The molecule has 4 rings (SSSR count). The van der Waals surface area contributed by atoms with E-state index in [1.165, 1.54) is 21.8 Å². The summed E-state index contributed by atoms with van der Waals surface area (Å²) in [6.45, 7) is 8.60. The molecule has 4 aromatic rings. The average molecular weight is 638 g/mol. The number of hydrogen-bond acceptors (Lipinski definition) is 7. The van der Waals surface area contributed by atoms with E-state index in [0.29, 0.717) is 11.6 Å². The van der Waals surface area contributed by atoms with Crippen LogP contribution in [-0.4, -0.2) is 34.2 Å². The van der Waals surface area contributed by atoms with Crippen LogP contribution in [0.5, 0.6) is 0 Å². The van der Waals surface area contributed by atoms with E-state index in [1.807, 2.05) is 42.6 Å². The number of carbonyl (C=O) groups is 2. The molecule has 0 aliphatic rings. The summed E-state index contributed by atoms with van der Waals surface area (Å²) in [5, 5.41) is 3.40. The molecule has 0 saturated carbocycles. The second-order valence-electron chi connectivity index (χ2n) is 9.94. The molecule has 0 amide bonds. The summed E-state index contributed by atoms with van der Waals surface area (Å²) in [5.41, 5.74) is 2.24. The summed E-state index contributed by atoms with van der Waals surface area (Å²) in [7, 11) is 0. The maximum absolute atomic E-state index is 11.8. The summed E-state index contributed by atoms with van der Waals surface area (Å²) in [4.78, 5) is 34.5. The number of ether oxygens (including phenoxy) is 1. The zero-order chi connectivity index (χ0) is 29.3. The first-order chi connectivity index (χ1) is 19.0. The van der Waals surface area contributed by atoms with Gasteiger partial charge in [-0.2, -0.15) is 0 Å².